The molecule has 0 aromatic carbocycles. The van der Waals surface area contributed by atoms with Crippen LogP contribution in [-0.4, -0.2) is 32.1 Å². The van der Waals surface area contributed by atoms with Gasteiger partial charge in [0.2, 0.25) is 0 Å². The van der Waals surface area contributed by atoms with Gasteiger partial charge in [-0.25, -0.2) is 4.98 Å². The van der Waals surface area contributed by atoms with E-state index in [2.05, 4.69) is 9.97 Å². The second-order valence-electron chi connectivity index (χ2n) is 5.29. The third-order valence-corrected chi connectivity index (χ3v) is 4.93. The summed E-state index contributed by atoms with van der Waals surface area (Å²) in [5.74, 6) is -0.572. The number of carbonyl (C=O) groups is 1. The summed E-state index contributed by atoms with van der Waals surface area (Å²) in [7, 11) is 0. The van der Waals surface area contributed by atoms with Crippen LogP contribution < -0.4 is 11.5 Å². The van der Waals surface area contributed by atoms with Gasteiger partial charge in [0.1, 0.15) is 10.7 Å². The number of pyridine rings is 1. The average molecular weight is 378 g/mol. The van der Waals surface area contributed by atoms with Gasteiger partial charge in [0, 0.05) is 18.1 Å². The van der Waals surface area contributed by atoms with Crippen LogP contribution >= 0.6 is 22.9 Å². The SMILES string of the molecule is NCC(c1nc(CO)cs1)n1c(C(N)=O)ccc1-c1ccc(Cl)cn1. The molecule has 7 nitrogen and oxygen atoms in total. The topological polar surface area (TPSA) is 120 Å². The lowest BCUT2D eigenvalue weighted by atomic mass is 10.2. The monoisotopic (exact) mass is 377 g/mol. The van der Waals surface area contributed by atoms with Gasteiger partial charge in [-0.3, -0.25) is 9.78 Å². The van der Waals surface area contributed by atoms with Crippen molar-refractivity contribution < 1.29 is 9.90 Å². The standard InChI is InChI=1S/C16H16ClN5O2S/c17-9-1-2-11(20-6-9)12-3-4-13(15(19)24)22(12)14(5-18)16-21-10(7-23)8-25-16/h1-4,6,8,14,23H,5,7,18H2,(H2,19,24). The van der Waals surface area contributed by atoms with Gasteiger partial charge in [-0.1, -0.05) is 11.6 Å². The molecule has 9 heteroatoms. The molecule has 1 amide bonds. The summed E-state index contributed by atoms with van der Waals surface area (Å²) in [6, 6.07) is 6.47. The molecule has 0 aliphatic heterocycles. The molecule has 0 fully saturated rings. The zero-order valence-electron chi connectivity index (χ0n) is 13.1. The lowest BCUT2D eigenvalue weighted by molar-refractivity contribution is 0.0990. The lowest BCUT2D eigenvalue weighted by Gasteiger charge is -2.20. The van der Waals surface area contributed by atoms with Gasteiger partial charge in [0.25, 0.3) is 5.91 Å². The van der Waals surface area contributed by atoms with Crippen molar-refractivity contribution in [1.82, 2.24) is 14.5 Å². The first kappa shape index (κ1) is 17.6. The molecule has 0 aliphatic rings. The Morgan fingerprint density at radius 1 is 1.36 bits per heavy atom. The maximum Gasteiger partial charge on any atom is 0.265 e. The van der Waals surface area contributed by atoms with E-state index in [1.165, 1.54) is 17.5 Å². The molecule has 3 aromatic rings. The smallest absolute Gasteiger partial charge is 0.265 e. The van der Waals surface area contributed by atoms with Crippen molar-refractivity contribution in [2.45, 2.75) is 12.6 Å². The minimum absolute atomic E-state index is 0.159. The van der Waals surface area contributed by atoms with Crippen molar-refractivity contribution >= 4 is 28.8 Å². The van der Waals surface area contributed by atoms with E-state index < -0.39 is 11.9 Å². The van der Waals surface area contributed by atoms with Gasteiger partial charge in [0.05, 0.1) is 34.8 Å². The molecule has 25 heavy (non-hydrogen) atoms. The van der Waals surface area contributed by atoms with Crippen LogP contribution in [0.4, 0.5) is 0 Å². The number of rotatable bonds is 6. The number of thiazole rings is 1. The van der Waals surface area contributed by atoms with Crippen molar-refractivity contribution in [3.63, 3.8) is 0 Å². The van der Waals surface area contributed by atoms with Crippen LogP contribution in [-0.2, 0) is 6.61 Å². The molecule has 0 saturated carbocycles. The Labute approximate surface area is 152 Å². The first-order valence-electron chi connectivity index (χ1n) is 7.43. The number of hydrogen-bond donors (Lipinski definition) is 3. The highest BCUT2D eigenvalue weighted by Gasteiger charge is 2.24. The fourth-order valence-electron chi connectivity index (χ4n) is 2.59. The Bertz CT molecular complexity index is 890. The molecular weight excluding hydrogens is 362 g/mol. The predicted octanol–water partition coefficient (Wildman–Crippen LogP) is 1.80. The number of hydrogen-bond acceptors (Lipinski definition) is 6. The summed E-state index contributed by atoms with van der Waals surface area (Å²) >= 11 is 7.27. The van der Waals surface area contributed by atoms with Crippen molar-refractivity contribution in [3.8, 4) is 11.4 Å². The van der Waals surface area contributed by atoms with Crippen LogP contribution in [0.5, 0.6) is 0 Å². The highest BCUT2D eigenvalue weighted by atomic mass is 35.5. The number of carbonyl (C=O) groups excluding carboxylic acids is 1. The van der Waals surface area contributed by atoms with Gasteiger partial charge in [0.15, 0.2) is 0 Å². The molecule has 5 N–H and O–H groups in total. The van der Waals surface area contributed by atoms with Gasteiger partial charge in [-0.15, -0.1) is 11.3 Å². The normalized spacial score (nSPS) is 12.3. The number of amides is 1. The van der Waals surface area contributed by atoms with Gasteiger partial charge in [-0.05, 0) is 24.3 Å². The van der Waals surface area contributed by atoms with Crippen LogP contribution in [0.15, 0.2) is 35.8 Å². The van der Waals surface area contributed by atoms with E-state index in [0.29, 0.717) is 32.8 Å². The maximum absolute atomic E-state index is 11.9. The first-order chi connectivity index (χ1) is 12.0. The molecule has 1 atom stereocenters. The maximum atomic E-state index is 11.9. The van der Waals surface area contributed by atoms with E-state index >= 15 is 0 Å². The Balaban J connectivity index is 2.15. The molecule has 0 spiro atoms. The molecule has 3 aromatic heterocycles. The van der Waals surface area contributed by atoms with Crippen LogP contribution in [0.3, 0.4) is 0 Å². The van der Waals surface area contributed by atoms with E-state index in [4.69, 9.17) is 23.1 Å². The number of nitrogens with zero attached hydrogens (tertiary/aromatic N) is 3. The van der Waals surface area contributed by atoms with Crippen molar-refractivity contribution in [2.75, 3.05) is 6.54 Å². The Kier molecular flexibility index (Phi) is 5.14. The fraction of sp³-hybridized carbons (Fsp3) is 0.188. The minimum Gasteiger partial charge on any atom is -0.390 e. The fourth-order valence-corrected chi connectivity index (χ4v) is 3.61. The molecule has 0 radical (unpaired) electrons. The molecule has 130 valence electrons. The number of primary amides is 1. The molecule has 0 saturated heterocycles. The van der Waals surface area contributed by atoms with E-state index in [-0.39, 0.29) is 13.2 Å². The number of nitrogens with two attached hydrogens (primary N) is 2. The largest absolute Gasteiger partial charge is 0.390 e. The summed E-state index contributed by atoms with van der Waals surface area (Å²) in [5, 5.41) is 12.2. The lowest BCUT2D eigenvalue weighted by Crippen LogP contribution is -2.26. The predicted molar refractivity (Wildman–Crippen MR) is 96.4 cm³/mol. The van der Waals surface area contributed by atoms with Crippen LogP contribution in [0.2, 0.25) is 5.02 Å². The first-order valence-corrected chi connectivity index (χ1v) is 8.69. The molecule has 1 unspecified atom stereocenters. The molecule has 3 rings (SSSR count). The zero-order chi connectivity index (χ0) is 18.0. The van der Waals surface area contributed by atoms with E-state index in [1.807, 2.05) is 0 Å². The summed E-state index contributed by atoms with van der Waals surface area (Å²) in [5.41, 5.74) is 13.7. The Hall–Kier alpha value is -2.26. The highest BCUT2D eigenvalue weighted by molar-refractivity contribution is 7.09. The number of aromatic nitrogens is 3. The third kappa shape index (κ3) is 3.42. The number of aliphatic hydroxyl groups is 1. The highest BCUT2D eigenvalue weighted by Crippen LogP contribution is 2.30. The van der Waals surface area contributed by atoms with Crippen LogP contribution in [0.25, 0.3) is 11.4 Å². The Morgan fingerprint density at radius 3 is 2.72 bits per heavy atom. The molecular formula is C16H16ClN5O2S. The molecule has 0 aliphatic carbocycles. The summed E-state index contributed by atoms with van der Waals surface area (Å²) in [6.07, 6.45) is 1.53. The quantitative estimate of drug-likeness (QED) is 0.605. The molecule has 3 heterocycles. The van der Waals surface area contributed by atoms with E-state index in [0.717, 1.165) is 0 Å². The number of halogens is 1. The third-order valence-electron chi connectivity index (χ3n) is 3.71. The van der Waals surface area contributed by atoms with Gasteiger partial charge >= 0.3 is 0 Å². The zero-order valence-corrected chi connectivity index (χ0v) is 14.7. The summed E-state index contributed by atoms with van der Waals surface area (Å²) in [4.78, 5) is 20.6. The average Bonchev–Trinajstić information content (AvgIpc) is 3.24. The van der Waals surface area contributed by atoms with Crippen molar-refractivity contribution in [3.05, 3.63) is 57.3 Å². The van der Waals surface area contributed by atoms with Gasteiger partial charge < -0.3 is 21.1 Å². The van der Waals surface area contributed by atoms with Crippen molar-refractivity contribution in [1.29, 1.82) is 0 Å². The van der Waals surface area contributed by atoms with Crippen LogP contribution in [0, 0.1) is 0 Å². The van der Waals surface area contributed by atoms with Gasteiger partial charge in [-0.2, -0.15) is 0 Å². The van der Waals surface area contributed by atoms with E-state index in [1.54, 1.807) is 34.2 Å². The second kappa shape index (κ2) is 7.32. The van der Waals surface area contributed by atoms with Crippen molar-refractivity contribution in [2.24, 2.45) is 11.5 Å². The molecule has 0 bridgehead atoms. The summed E-state index contributed by atoms with van der Waals surface area (Å²) in [6.45, 7) is 0.0433. The number of aliphatic hydroxyl groups excluding tert-OH is 1. The minimum atomic E-state index is -0.572. The summed E-state index contributed by atoms with van der Waals surface area (Å²) < 4.78 is 1.73. The van der Waals surface area contributed by atoms with E-state index in [9.17, 15) is 9.90 Å². The van der Waals surface area contributed by atoms with Crippen LogP contribution in [0.1, 0.15) is 27.2 Å². The Morgan fingerprint density at radius 2 is 2.16 bits per heavy atom. The second-order valence-corrected chi connectivity index (χ2v) is 6.61.